The minimum atomic E-state index is 0.442. The largest absolute Gasteiger partial charge is 0.382 e. The summed E-state index contributed by atoms with van der Waals surface area (Å²) < 4.78 is 1.03. The van der Waals surface area contributed by atoms with Gasteiger partial charge >= 0.3 is 0 Å². The quantitative estimate of drug-likeness (QED) is 0.853. The van der Waals surface area contributed by atoms with Gasteiger partial charge < -0.3 is 5.73 Å². The van der Waals surface area contributed by atoms with Crippen LogP contribution in [0.15, 0.2) is 28.3 Å². The molecular formula is C8H6BrN3S. The van der Waals surface area contributed by atoms with E-state index >= 15 is 0 Å². The maximum Gasteiger partial charge on any atom is 0.142 e. The number of hydrogen-bond acceptors (Lipinski definition) is 4. The van der Waals surface area contributed by atoms with Crippen LogP contribution in [0, 0.1) is 0 Å². The normalized spacial score (nSPS) is 10.2. The van der Waals surface area contributed by atoms with Crippen molar-refractivity contribution in [2.24, 2.45) is 0 Å². The highest BCUT2D eigenvalue weighted by molar-refractivity contribution is 9.10. The second kappa shape index (κ2) is 3.43. The number of nitrogens with two attached hydrogens (primary N) is 1. The molecule has 2 heterocycles. The molecule has 3 nitrogen and oxygen atoms in total. The monoisotopic (exact) mass is 255 g/mol. The Kier molecular flexibility index (Phi) is 2.28. The average molecular weight is 256 g/mol. The number of nitrogens with zero attached hydrogens (tertiary/aromatic N) is 2. The summed E-state index contributed by atoms with van der Waals surface area (Å²) in [5, 5.41) is 1.99. The zero-order valence-corrected chi connectivity index (χ0v) is 8.97. The van der Waals surface area contributed by atoms with Crippen molar-refractivity contribution >= 4 is 33.1 Å². The maximum absolute atomic E-state index is 5.53. The molecule has 0 amide bonds. The van der Waals surface area contributed by atoms with Gasteiger partial charge in [0, 0.05) is 4.47 Å². The molecule has 13 heavy (non-hydrogen) atoms. The first-order valence-electron chi connectivity index (χ1n) is 3.58. The molecule has 0 fully saturated rings. The van der Waals surface area contributed by atoms with E-state index < -0.39 is 0 Å². The Bertz CT molecular complexity index is 427. The zero-order valence-electron chi connectivity index (χ0n) is 6.57. The Morgan fingerprint density at radius 3 is 2.85 bits per heavy atom. The van der Waals surface area contributed by atoms with E-state index in [4.69, 9.17) is 5.73 Å². The van der Waals surface area contributed by atoms with Gasteiger partial charge in [-0.1, -0.05) is 0 Å². The lowest BCUT2D eigenvalue weighted by atomic mass is 10.3. The van der Waals surface area contributed by atoms with Gasteiger partial charge in [0.05, 0.1) is 17.3 Å². The van der Waals surface area contributed by atoms with Crippen molar-refractivity contribution in [3.05, 3.63) is 28.3 Å². The van der Waals surface area contributed by atoms with Crippen LogP contribution in [-0.2, 0) is 0 Å². The van der Waals surface area contributed by atoms with Gasteiger partial charge in [0.2, 0.25) is 0 Å². The molecular weight excluding hydrogens is 250 g/mol. The van der Waals surface area contributed by atoms with Crippen LogP contribution in [0.25, 0.3) is 10.6 Å². The van der Waals surface area contributed by atoms with E-state index in [0.717, 1.165) is 15.0 Å². The van der Waals surface area contributed by atoms with Crippen LogP contribution < -0.4 is 5.73 Å². The van der Waals surface area contributed by atoms with Crippen LogP contribution in [-0.4, -0.2) is 9.97 Å². The second-order valence-electron chi connectivity index (χ2n) is 2.43. The topological polar surface area (TPSA) is 51.8 Å². The summed E-state index contributed by atoms with van der Waals surface area (Å²) in [6.07, 6.45) is 3.23. The third-order valence-corrected chi connectivity index (χ3v) is 3.36. The third-order valence-electron chi connectivity index (χ3n) is 1.50. The minimum absolute atomic E-state index is 0.442. The Labute approximate surface area is 87.8 Å². The Hall–Kier alpha value is -0.940. The van der Waals surface area contributed by atoms with Crippen molar-refractivity contribution in [3.8, 4) is 10.6 Å². The van der Waals surface area contributed by atoms with Crippen LogP contribution >= 0.6 is 27.3 Å². The van der Waals surface area contributed by atoms with E-state index in [1.54, 1.807) is 17.5 Å². The van der Waals surface area contributed by atoms with Gasteiger partial charge in [0.25, 0.3) is 0 Å². The van der Waals surface area contributed by atoms with Gasteiger partial charge in [0.1, 0.15) is 11.5 Å². The molecule has 0 unspecified atom stereocenters. The molecule has 2 aromatic heterocycles. The van der Waals surface area contributed by atoms with E-state index in [1.165, 1.54) is 6.20 Å². The molecule has 0 aliphatic heterocycles. The SMILES string of the molecule is Nc1cncc(-c2sccc2Br)n1. The number of anilines is 1. The van der Waals surface area contributed by atoms with E-state index in [2.05, 4.69) is 25.9 Å². The van der Waals surface area contributed by atoms with Gasteiger partial charge in [0.15, 0.2) is 0 Å². The lowest BCUT2D eigenvalue weighted by molar-refractivity contribution is 1.22. The van der Waals surface area contributed by atoms with Crippen LogP contribution in [0.1, 0.15) is 0 Å². The molecule has 2 N–H and O–H groups in total. The fraction of sp³-hybridized carbons (Fsp3) is 0. The molecule has 0 spiro atoms. The van der Waals surface area contributed by atoms with E-state index in [1.807, 2.05) is 11.4 Å². The van der Waals surface area contributed by atoms with Gasteiger partial charge in [-0.15, -0.1) is 11.3 Å². The molecule has 0 atom stereocenters. The van der Waals surface area contributed by atoms with Gasteiger partial charge in [-0.25, -0.2) is 4.98 Å². The molecule has 0 saturated heterocycles. The molecule has 2 aromatic rings. The van der Waals surface area contributed by atoms with Crippen LogP contribution in [0.4, 0.5) is 5.82 Å². The lowest BCUT2D eigenvalue weighted by Gasteiger charge is -1.97. The number of rotatable bonds is 1. The number of hydrogen-bond donors (Lipinski definition) is 1. The highest BCUT2D eigenvalue weighted by atomic mass is 79.9. The Morgan fingerprint density at radius 2 is 2.23 bits per heavy atom. The maximum atomic E-state index is 5.53. The predicted octanol–water partition coefficient (Wildman–Crippen LogP) is 2.55. The standard InChI is InChI=1S/C8H6BrN3S/c9-5-1-2-13-8(5)6-3-11-4-7(10)12-6/h1-4H,(H2,10,12). The second-order valence-corrected chi connectivity index (χ2v) is 4.20. The first-order valence-corrected chi connectivity index (χ1v) is 5.25. The number of thiophene rings is 1. The highest BCUT2D eigenvalue weighted by Gasteiger charge is 2.05. The van der Waals surface area contributed by atoms with Crippen molar-refractivity contribution < 1.29 is 0 Å². The highest BCUT2D eigenvalue weighted by Crippen LogP contribution is 2.31. The van der Waals surface area contributed by atoms with E-state index in [9.17, 15) is 0 Å². The van der Waals surface area contributed by atoms with Crippen molar-refractivity contribution in [2.75, 3.05) is 5.73 Å². The van der Waals surface area contributed by atoms with Crippen LogP contribution in [0.2, 0.25) is 0 Å². The van der Waals surface area contributed by atoms with Crippen molar-refractivity contribution in [3.63, 3.8) is 0 Å². The molecule has 0 radical (unpaired) electrons. The molecule has 0 bridgehead atoms. The number of halogens is 1. The lowest BCUT2D eigenvalue weighted by Crippen LogP contribution is -1.92. The minimum Gasteiger partial charge on any atom is -0.382 e. The molecule has 2 rings (SSSR count). The van der Waals surface area contributed by atoms with Gasteiger partial charge in [-0.05, 0) is 27.4 Å². The van der Waals surface area contributed by atoms with Crippen molar-refractivity contribution in [1.29, 1.82) is 0 Å². The molecule has 0 aliphatic carbocycles. The number of aromatic nitrogens is 2. The molecule has 5 heteroatoms. The summed E-state index contributed by atoms with van der Waals surface area (Å²) in [5.41, 5.74) is 6.34. The van der Waals surface area contributed by atoms with Crippen LogP contribution in [0.3, 0.4) is 0 Å². The van der Waals surface area contributed by atoms with Crippen LogP contribution in [0.5, 0.6) is 0 Å². The molecule has 0 saturated carbocycles. The molecule has 0 aliphatic rings. The smallest absolute Gasteiger partial charge is 0.142 e. The molecule has 66 valence electrons. The Balaban J connectivity index is 2.53. The first-order chi connectivity index (χ1) is 6.27. The summed E-state index contributed by atoms with van der Waals surface area (Å²) in [4.78, 5) is 9.21. The zero-order chi connectivity index (χ0) is 9.26. The Morgan fingerprint density at radius 1 is 1.38 bits per heavy atom. The van der Waals surface area contributed by atoms with E-state index in [0.29, 0.717) is 5.82 Å². The first kappa shape index (κ1) is 8.65. The number of nitrogen functional groups attached to an aromatic ring is 1. The fourth-order valence-electron chi connectivity index (χ4n) is 0.967. The van der Waals surface area contributed by atoms with Crippen molar-refractivity contribution in [2.45, 2.75) is 0 Å². The average Bonchev–Trinajstić information content (AvgIpc) is 2.51. The van der Waals surface area contributed by atoms with Gasteiger partial charge in [-0.2, -0.15) is 0 Å². The molecule has 0 aromatic carbocycles. The summed E-state index contributed by atoms with van der Waals surface area (Å²) in [7, 11) is 0. The third kappa shape index (κ3) is 1.71. The summed E-state index contributed by atoms with van der Waals surface area (Å²) in [6, 6.07) is 1.98. The summed E-state index contributed by atoms with van der Waals surface area (Å²) in [6.45, 7) is 0. The van der Waals surface area contributed by atoms with Gasteiger partial charge in [-0.3, -0.25) is 4.98 Å². The van der Waals surface area contributed by atoms with Crippen molar-refractivity contribution in [1.82, 2.24) is 9.97 Å². The summed E-state index contributed by atoms with van der Waals surface area (Å²) >= 11 is 5.04. The predicted molar refractivity (Wildman–Crippen MR) is 57.5 cm³/mol. The fourth-order valence-corrected chi connectivity index (χ4v) is 2.50. The van der Waals surface area contributed by atoms with E-state index in [-0.39, 0.29) is 0 Å². The summed E-state index contributed by atoms with van der Waals surface area (Å²) in [5.74, 6) is 0.442.